The van der Waals surface area contributed by atoms with Gasteiger partial charge in [-0.05, 0) is 24.6 Å². The fourth-order valence-electron chi connectivity index (χ4n) is 2.80. The fourth-order valence-corrected chi connectivity index (χ4v) is 3.85. The second-order valence-electron chi connectivity index (χ2n) is 5.41. The predicted molar refractivity (Wildman–Crippen MR) is 77.7 cm³/mol. The molecular formula is C10H19BClN3O5S. The zero-order valence-corrected chi connectivity index (χ0v) is 13.3. The van der Waals surface area contributed by atoms with E-state index in [-0.39, 0.29) is 25.5 Å². The molecule has 21 heavy (non-hydrogen) atoms. The summed E-state index contributed by atoms with van der Waals surface area (Å²) in [6.07, 6.45) is 2.28. The number of carbonyl (C=O) groups is 1. The Hall–Kier alpha value is -0.385. The van der Waals surface area contributed by atoms with Gasteiger partial charge < -0.3 is 14.9 Å². The molecule has 2 saturated heterocycles. The van der Waals surface area contributed by atoms with Crippen LogP contribution in [0.15, 0.2) is 0 Å². The number of piperazine rings is 1. The van der Waals surface area contributed by atoms with E-state index in [2.05, 4.69) is 0 Å². The Morgan fingerprint density at radius 2 is 1.95 bits per heavy atom. The minimum Gasteiger partial charge on any atom is -0.426 e. The van der Waals surface area contributed by atoms with Crippen LogP contribution in [-0.4, -0.2) is 89.5 Å². The fraction of sp³-hybridized carbons (Fsp3) is 0.900. The van der Waals surface area contributed by atoms with Gasteiger partial charge >= 0.3 is 7.12 Å². The molecule has 0 spiro atoms. The van der Waals surface area contributed by atoms with Crippen molar-refractivity contribution in [3.63, 3.8) is 0 Å². The first kappa shape index (κ1) is 17.0. The van der Waals surface area contributed by atoms with Crippen molar-refractivity contribution in [2.24, 2.45) is 0 Å². The molecule has 0 radical (unpaired) electrons. The molecule has 2 aliphatic rings. The van der Waals surface area contributed by atoms with E-state index in [0.717, 1.165) is 6.26 Å². The number of amides is 1. The molecule has 11 heteroatoms. The molecule has 0 aromatic heterocycles. The van der Waals surface area contributed by atoms with Gasteiger partial charge in [-0.2, -0.15) is 4.31 Å². The molecule has 2 fully saturated rings. The number of halogens is 1. The van der Waals surface area contributed by atoms with Crippen LogP contribution in [0.3, 0.4) is 0 Å². The first-order valence-corrected chi connectivity index (χ1v) is 8.94. The highest BCUT2D eigenvalue weighted by atomic mass is 35.5. The smallest absolute Gasteiger partial charge is 0.426 e. The van der Waals surface area contributed by atoms with Crippen LogP contribution in [0, 0.1) is 0 Å². The maximum absolute atomic E-state index is 12.6. The van der Waals surface area contributed by atoms with Gasteiger partial charge in [-0.3, -0.25) is 4.79 Å². The zero-order valence-electron chi connectivity index (χ0n) is 11.7. The Labute approximate surface area is 129 Å². The number of nitrogens with zero attached hydrogens (tertiary/aromatic N) is 3. The van der Waals surface area contributed by atoms with Crippen LogP contribution in [0.5, 0.6) is 0 Å². The van der Waals surface area contributed by atoms with Crippen LogP contribution in [0.25, 0.3) is 0 Å². The predicted octanol–water partition coefficient (Wildman–Crippen LogP) is -1.91. The van der Waals surface area contributed by atoms with Crippen LogP contribution in [-0.2, 0) is 14.8 Å². The summed E-state index contributed by atoms with van der Waals surface area (Å²) in [5, 5.41) is 18.7. The molecule has 2 N–H and O–H groups in total. The third-order valence-electron chi connectivity index (χ3n) is 3.96. The molecule has 1 amide bonds. The van der Waals surface area contributed by atoms with Gasteiger partial charge in [0.25, 0.3) is 0 Å². The summed E-state index contributed by atoms with van der Waals surface area (Å²) >= 11 is 6.04. The normalized spacial score (nSPS) is 28.9. The van der Waals surface area contributed by atoms with Crippen molar-refractivity contribution in [3.8, 4) is 0 Å². The second-order valence-corrected chi connectivity index (χ2v) is 7.83. The quantitative estimate of drug-likeness (QED) is 0.459. The average Bonchev–Trinajstić information content (AvgIpc) is 2.86. The van der Waals surface area contributed by atoms with Gasteiger partial charge in [0, 0.05) is 26.2 Å². The van der Waals surface area contributed by atoms with Gasteiger partial charge in [-0.25, -0.2) is 12.8 Å². The summed E-state index contributed by atoms with van der Waals surface area (Å²) in [6, 6.07) is -0.811. The minimum absolute atomic E-state index is 0.0219. The standard InChI is InChI=1S/C10H19BClN3O5S/c1-21(19,20)13-5-6-15(12)8(7-13)10(16)14-4-2-3-9(14)11(17)18/h8-9,17-18H,2-7H2,1H3/t8-,9-/m0/s1. The number of hydrogen-bond donors (Lipinski definition) is 2. The largest absolute Gasteiger partial charge is 0.475 e. The summed E-state index contributed by atoms with van der Waals surface area (Å²) in [4.78, 5) is 13.9. The molecule has 2 rings (SSSR count). The van der Waals surface area contributed by atoms with E-state index in [4.69, 9.17) is 11.8 Å². The van der Waals surface area contributed by atoms with Gasteiger partial charge in [0.2, 0.25) is 15.9 Å². The van der Waals surface area contributed by atoms with Gasteiger partial charge in [0.1, 0.15) is 6.04 Å². The summed E-state index contributed by atoms with van der Waals surface area (Å²) in [5.41, 5.74) is 0. The van der Waals surface area contributed by atoms with Crippen molar-refractivity contribution in [1.29, 1.82) is 0 Å². The van der Waals surface area contributed by atoms with E-state index >= 15 is 0 Å². The Balaban J connectivity index is 2.13. The van der Waals surface area contributed by atoms with E-state index in [0.29, 0.717) is 19.4 Å². The zero-order chi connectivity index (χ0) is 15.8. The highest BCUT2D eigenvalue weighted by molar-refractivity contribution is 7.88. The van der Waals surface area contributed by atoms with Crippen molar-refractivity contribution in [1.82, 2.24) is 13.6 Å². The number of sulfonamides is 1. The lowest BCUT2D eigenvalue weighted by Crippen LogP contribution is -2.59. The SMILES string of the molecule is CS(=O)(=O)N1CCN(Cl)[C@H](C(=O)N2CCC[C@H]2B(O)O)C1. The molecule has 0 unspecified atom stereocenters. The van der Waals surface area contributed by atoms with Crippen molar-refractivity contribution >= 4 is 34.8 Å². The lowest BCUT2D eigenvalue weighted by molar-refractivity contribution is -0.136. The lowest BCUT2D eigenvalue weighted by atomic mass is 9.77. The topological polar surface area (TPSA) is 101 Å². The third kappa shape index (κ3) is 3.69. The Morgan fingerprint density at radius 1 is 1.29 bits per heavy atom. The molecule has 2 atom stereocenters. The number of rotatable bonds is 3. The monoisotopic (exact) mass is 339 g/mol. The summed E-state index contributed by atoms with van der Waals surface area (Å²) in [5.74, 6) is -1.02. The Morgan fingerprint density at radius 3 is 2.52 bits per heavy atom. The van der Waals surface area contributed by atoms with Crippen LogP contribution < -0.4 is 0 Å². The summed E-state index contributed by atoms with van der Waals surface area (Å²) in [7, 11) is -4.99. The van der Waals surface area contributed by atoms with Gasteiger partial charge in [0.05, 0.1) is 12.2 Å². The molecule has 120 valence electrons. The van der Waals surface area contributed by atoms with Crippen LogP contribution in [0.4, 0.5) is 0 Å². The first-order valence-electron chi connectivity index (χ1n) is 6.76. The van der Waals surface area contributed by atoms with E-state index in [9.17, 15) is 23.3 Å². The Bertz CT molecular complexity index is 505. The van der Waals surface area contributed by atoms with Crippen molar-refractivity contribution in [2.75, 3.05) is 32.4 Å². The summed E-state index contributed by atoms with van der Waals surface area (Å²) in [6.45, 7) is 0.872. The maximum atomic E-state index is 12.6. The van der Waals surface area contributed by atoms with Gasteiger partial charge in [0.15, 0.2) is 0 Å². The maximum Gasteiger partial charge on any atom is 0.475 e. The van der Waals surface area contributed by atoms with E-state index in [1.54, 1.807) is 0 Å². The molecule has 0 aromatic carbocycles. The van der Waals surface area contributed by atoms with Crippen molar-refractivity contribution < 1.29 is 23.3 Å². The van der Waals surface area contributed by atoms with Crippen LogP contribution in [0.2, 0.25) is 0 Å². The van der Waals surface area contributed by atoms with Crippen molar-refractivity contribution in [2.45, 2.75) is 24.8 Å². The molecule has 2 aliphatic heterocycles. The number of carbonyl (C=O) groups excluding carboxylic acids is 1. The Kier molecular flexibility index (Phi) is 5.17. The average molecular weight is 340 g/mol. The molecule has 0 saturated carbocycles. The molecule has 0 aliphatic carbocycles. The van der Waals surface area contributed by atoms with E-state index < -0.39 is 29.1 Å². The minimum atomic E-state index is -3.39. The van der Waals surface area contributed by atoms with Crippen LogP contribution in [0.1, 0.15) is 12.8 Å². The molecule has 2 heterocycles. The van der Waals surface area contributed by atoms with E-state index in [1.807, 2.05) is 0 Å². The second kappa shape index (κ2) is 6.39. The highest BCUT2D eigenvalue weighted by Gasteiger charge is 2.43. The van der Waals surface area contributed by atoms with Crippen LogP contribution >= 0.6 is 11.8 Å². The van der Waals surface area contributed by atoms with Crippen molar-refractivity contribution in [3.05, 3.63) is 0 Å². The highest BCUT2D eigenvalue weighted by Crippen LogP contribution is 2.23. The van der Waals surface area contributed by atoms with Gasteiger partial charge in [-0.1, -0.05) is 0 Å². The first-order chi connectivity index (χ1) is 9.71. The number of hydrogen-bond acceptors (Lipinski definition) is 6. The summed E-state index contributed by atoms with van der Waals surface area (Å²) < 4.78 is 25.7. The molecule has 0 aromatic rings. The van der Waals surface area contributed by atoms with Gasteiger partial charge in [-0.15, -0.1) is 0 Å². The molecular weight excluding hydrogens is 320 g/mol. The molecule has 8 nitrogen and oxygen atoms in total. The number of likely N-dealkylation sites (tertiary alicyclic amines) is 1. The lowest BCUT2D eigenvalue weighted by Gasteiger charge is -2.38. The molecule has 0 bridgehead atoms. The third-order valence-corrected chi connectivity index (χ3v) is 5.63. The van der Waals surface area contributed by atoms with E-state index in [1.165, 1.54) is 13.6 Å².